The molecule has 0 saturated heterocycles. The molecule has 2 N–H and O–H groups in total. The SMILES string of the molecule is CN(C(=O)CCS)C(CS)C(N)=O. The molecule has 76 valence electrons. The van der Waals surface area contributed by atoms with Crippen LogP contribution >= 0.6 is 25.3 Å². The molecule has 0 aromatic carbocycles. The van der Waals surface area contributed by atoms with E-state index in [1.807, 2.05) is 0 Å². The number of thiol groups is 2. The predicted molar refractivity (Wildman–Crippen MR) is 58.1 cm³/mol. The quantitative estimate of drug-likeness (QED) is 0.552. The minimum atomic E-state index is -0.629. The second-order valence-corrected chi connectivity index (χ2v) is 3.39. The van der Waals surface area contributed by atoms with Gasteiger partial charge < -0.3 is 10.6 Å². The van der Waals surface area contributed by atoms with Crippen molar-refractivity contribution < 1.29 is 9.59 Å². The summed E-state index contributed by atoms with van der Waals surface area (Å²) in [6.07, 6.45) is 0.303. The number of carbonyl (C=O) groups is 2. The molecule has 2 amide bonds. The standard InChI is InChI=1S/C7H14N2O2S2/c1-9(6(10)2-3-12)5(4-13)7(8)11/h5,12-13H,2-4H2,1H3,(H2,8,11). The first-order chi connectivity index (χ1) is 6.04. The fourth-order valence-corrected chi connectivity index (χ4v) is 1.47. The summed E-state index contributed by atoms with van der Waals surface area (Å²) in [5.41, 5.74) is 5.08. The topological polar surface area (TPSA) is 63.4 Å². The van der Waals surface area contributed by atoms with Gasteiger partial charge in [-0.2, -0.15) is 25.3 Å². The van der Waals surface area contributed by atoms with Gasteiger partial charge in [-0.15, -0.1) is 0 Å². The lowest BCUT2D eigenvalue weighted by molar-refractivity contribution is -0.136. The number of likely N-dealkylation sites (N-methyl/N-ethyl adjacent to an activating group) is 1. The van der Waals surface area contributed by atoms with Crippen molar-refractivity contribution >= 4 is 37.1 Å². The number of primary amides is 1. The Balaban J connectivity index is 4.27. The average molecular weight is 222 g/mol. The molecule has 1 atom stereocenters. The minimum Gasteiger partial charge on any atom is -0.368 e. The van der Waals surface area contributed by atoms with Gasteiger partial charge in [-0.05, 0) is 5.75 Å². The number of carbonyl (C=O) groups excluding carboxylic acids is 2. The molecule has 0 bridgehead atoms. The smallest absolute Gasteiger partial charge is 0.241 e. The molecule has 13 heavy (non-hydrogen) atoms. The lowest BCUT2D eigenvalue weighted by Crippen LogP contribution is -2.46. The van der Waals surface area contributed by atoms with Gasteiger partial charge in [0.2, 0.25) is 11.8 Å². The Morgan fingerprint density at radius 3 is 2.31 bits per heavy atom. The monoisotopic (exact) mass is 222 g/mol. The van der Waals surface area contributed by atoms with Gasteiger partial charge in [-0.3, -0.25) is 9.59 Å². The zero-order valence-electron chi connectivity index (χ0n) is 7.43. The van der Waals surface area contributed by atoms with E-state index in [1.165, 1.54) is 11.9 Å². The van der Waals surface area contributed by atoms with Crippen LogP contribution in [0, 0.1) is 0 Å². The lowest BCUT2D eigenvalue weighted by Gasteiger charge is -2.23. The first-order valence-corrected chi connectivity index (χ1v) is 5.07. The fourth-order valence-electron chi connectivity index (χ4n) is 0.849. The van der Waals surface area contributed by atoms with Crippen molar-refractivity contribution in [3.63, 3.8) is 0 Å². The maximum atomic E-state index is 11.3. The van der Waals surface area contributed by atoms with Crippen molar-refractivity contribution in [3.05, 3.63) is 0 Å². The molecule has 4 nitrogen and oxygen atoms in total. The fraction of sp³-hybridized carbons (Fsp3) is 0.714. The molecular formula is C7H14N2O2S2. The largest absolute Gasteiger partial charge is 0.368 e. The summed E-state index contributed by atoms with van der Waals surface area (Å²) in [6, 6.07) is -0.629. The van der Waals surface area contributed by atoms with Crippen LogP contribution in [0.5, 0.6) is 0 Å². The number of nitrogens with two attached hydrogens (primary N) is 1. The Bertz CT molecular complexity index is 199. The molecule has 0 aromatic rings. The van der Waals surface area contributed by atoms with E-state index in [0.717, 1.165) is 0 Å². The highest BCUT2D eigenvalue weighted by Crippen LogP contribution is 2.01. The maximum Gasteiger partial charge on any atom is 0.241 e. The number of amides is 2. The third-order valence-electron chi connectivity index (χ3n) is 1.69. The minimum absolute atomic E-state index is 0.146. The van der Waals surface area contributed by atoms with E-state index in [0.29, 0.717) is 12.2 Å². The molecule has 0 aliphatic carbocycles. The molecule has 0 saturated carbocycles. The Labute approximate surface area is 88.7 Å². The predicted octanol–water partition coefficient (Wildman–Crippen LogP) is -0.452. The van der Waals surface area contributed by atoms with Gasteiger partial charge in [-0.25, -0.2) is 0 Å². The Kier molecular flexibility index (Phi) is 5.98. The van der Waals surface area contributed by atoms with Crippen molar-refractivity contribution in [2.24, 2.45) is 5.73 Å². The first kappa shape index (κ1) is 12.6. The van der Waals surface area contributed by atoms with Gasteiger partial charge in [0.1, 0.15) is 6.04 Å². The highest BCUT2D eigenvalue weighted by molar-refractivity contribution is 7.80. The summed E-state index contributed by atoms with van der Waals surface area (Å²) in [7, 11) is 1.54. The number of rotatable bonds is 5. The van der Waals surface area contributed by atoms with Crippen molar-refractivity contribution in [2.75, 3.05) is 18.6 Å². The second-order valence-electron chi connectivity index (χ2n) is 2.58. The third-order valence-corrected chi connectivity index (χ3v) is 2.26. The van der Waals surface area contributed by atoms with E-state index in [1.54, 1.807) is 0 Å². The van der Waals surface area contributed by atoms with Crippen LogP contribution in [-0.2, 0) is 9.59 Å². The summed E-state index contributed by atoms with van der Waals surface area (Å²) < 4.78 is 0. The molecule has 0 spiro atoms. The Morgan fingerprint density at radius 1 is 1.46 bits per heavy atom. The van der Waals surface area contributed by atoms with E-state index < -0.39 is 11.9 Å². The molecule has 0 aliphatic heterocycles. The van der Waals surface area contributed by atoms with Crippen LogP contribution in [0.15, 0.2) is 0 Å². The van der Waals surface area contributed by atoms with Crippen LogP contribution in [0.25, 0.3) is 0 Å². The van der Waals surface area contributed by atoms with E-state index in [2.05, 4.69) is 25.3 Å². The molecule has 0 heterocycles. The number of hydrogen-bond donors (Lipinski definition) is 3. The van der Waals surface area contributed by atoms with Gasteiger partial charge >= 0.3 is 0 Å². The molecular weight excluding hydrogens is 208 g/mol. The summed E-state index contributed by atoms with van der Waals surface area (Å²) in [5.74, 6) is 0.0172. The third kappa shape index (κ3) is 3.91. The number of nitrogens with zero attached hydrogens (tertiary/aromatic N) is 1. The number of hydrogen-bond acceptors (Lipinski definition) is 4. The molecule has 0 fully saturated rings. The van der Waals surface area contributed by atoms with Crippen molar-refractivity contribution in [1.82, 2.24) is 4.90 Å². The molecule has 0 aliphatic rings. The van der Waals surface area contributed by atoms with Crippen LogP contribution in [0.1, 0.15) is 6.42 Å². The highest BCUT2D eigenvalue weighted by Gasteiger charge is 2.22. The van der Waals surface area contributed by atoms with E-state index >= 15 is 0 Å². The molecule has 0 aromatic heterocycles. The van der Waals surface area contributed by atoms with Gasteiger partial charge in [-0.1, -0.05) is 0 Å². The summed E-state index contributed by atoms with van der Waals surface area (Å²) in [5, 5.41) is 0. The highest BCUT2D eigenvalue weighted by atomic mass is 32.1. The molecule has 6 heteroatoms. The van der Waals surface area contributed by atoms with Crippen molar-refractivity contribution in [3.8, 4) is 0 Å². The van der Waals surface area contributed by atoms with E-state index in [-0.39, 0.29) is 11.7 Å². The summed E-state index contributed by atoms with van der Waals surface area (Å²) in [4.78, 5) is 23.4. The molecule has 0 rings (SSSR count). The molecule has 0 radical (unpaired) electrons. The van der Waals surface area contributed by atoms with E-state index in [4.69, 9.17) is 5.73 Å². The van der Waals surface area contributed by atoms with Crippen LogP contribution in [0.4, 0.5) is 0 Å². The van der Waals surface area contributed by atoms with E-state index in [9.17, 15) is 9.59 Å². The molecule has 1 unspecified atom stereocenters. The zero-order valence-corrected chi connectivity index (χ0v) is 9.22. The van der Waals surface area contributed by atoms with Crippen LogP contribution in [-0.4, -0.2) is 41.3 Å². The first-order valence-electron chi connectivity index (χ1n) is 3.81. The van der Waals surface area contributed by atoms with Crippen LogP contribution in [0.3, 0.4) is 0 Å². The average Bonchev–Trinajstić information content (AvgIpc) is 2.05. The summed E-state index contributed by atoms with van der Waals surface area (Å²) in [6.45, 7) is 0. The van der Waals surface area contributed by atoms with Gasteiger partial charge in [0, 0.05) is 19.2 Å². The normalized spacial score (nSPS) is 12.2. The Hall–Kier alpha value is -0.360. The van der Waals surface area contributed by atoms with Crippen molar-refractivity contribution in [1.29, 1.82) is 0 Å². The van der Waals surface area contributed by atoms with Crippen molar-refractivity contribution in [2.45, 2.75) is 12.5 Å². The van der Waals surface area contributed by atoms with Crippen LogP contribution < -0.4 is 5.73 Å². The van der Waals surface area contributed by atoms with Gasteiger partial charge in [0.15, 0.2) is 0 Å². The van der Waals surface area contributed by atoms with Gasteiger partial charge in [0.05, 0.1) is 0 Å². The lowest BCUT2D eigenvalue weighted by atomic mass is 10.2. The maximum absolute atomic E-state index is 11.3. The summed E-state index contributed by atoms with van der Waals surface area (Å²) >= 11 is 7.86. The second kappa shape index (κ2) is 6.15. The Morgan fingerprint density at radius 2 is 2.00 bits per heavy atom. The van der Waals surface area contributed by atoms with Gasteiger partial charge in [0.25, 0.3) is 0 Å². The van der Waals surface area contributed by atoms with Crippen LogP contribution in [0.2, 0.25) is 0 Å². The zero-order chi connectivity index (χ0) is 10.4.